The Morgan fingerprint density at radius 1 is 1.40 bits per heavy atom. The maximum Gasteiger partial charge on any atom is 0.0991 e. The first kappa shape index (κ1) is 11.5. The van der Waals surface area contributed by atoms with E-state index in [1.54, 1.807) is 0 Å². The van der Waals surface area contributed by atoms with E-state index in [-0.39, 0.29) is 0 Å². The molecule has 0 aliphatic rings. The third kappa shape index (κ3) is 3.57. The number of benzene rings is 1. The molecular weight excluding hydrogens is 184 g/mol. The zero-order valence-electron chi connectivity index (χ0n) is 9.25. The zero-order valence-corrected chi connectivity index (χ0v) is 9.25. The van der Waals surface area contributed by atoms with E-state index in [1.807, 2.05) is 31.3 Å². The van der Waals surface area contributed by atoms with Gasteiger partial charge in [0, 0.05) is 6.54 Å². The lowest BCUT2D eigenvalue weighted by Gasteiger charge is -2.03. The van der Waals surface area contributed by atoms with Gasteiger partial charge in [-0.15, -0.1) is 0 Å². The molecule has 0 aromatic heterocycles. The molecule has 0 unspecified atom stereocenters. The SMILES string of the molecule is CCC(=Cc1ccc(C#N)cc1)CNC. The Morgan fingerprint density at radius 3 is 2.53 bits per heavy atom. The highest BCUT2D eigenvalue weighted by atomic mass is 14.8. The van der Waals surface area contributed by atoms with Gasteiger partial charge in [-0.3, -0.25) is 0 Å². The molecule has 0 aliphatic heterocycles. The second-order valence-corrected chi connectivity index (χ2v) is 3.42. The number of nitrogens with one attached hydrogen (secondary N) is 1. The molecule has 1 N–H and O–H groups in total. The monoisotopic (exact) mass is 200 g/mol. The Labute approximate surface area is 91.2 Å². The third-order valence-electron chi connectivity index (χ3n) is 2.27. The molecule has 0 fully saturated rings. The highest BCUT2D eigenvalue weighted by molar-refractivity contribution is 5.54. The van der Waals surface area contributed by atoms with Gasteiger partial charge >= 0.3 is 0 Å². The molecule has 2 heteroatoms. The maximum atomic E-state index is 8.67. The quantitative estimate of drug-likeness (QED) is 0.810. The minimum Gasteiger partial charge on any atom is -0.316 e. The number of likely N-dealkylation sites (N-methyl/N-ethyl adjacent to an activating group) is 1. The lowest BCUT2D eigenvalue weighted by molar-refractivity contribution is 0.851. The van der Waals surface area contributed by atoms with Crippen molar-refractivity contribution >= 4 is 6.08 Å². The van der Waals surface area contributed by atoms with E-state index in [9.17, 15) is 0 Å². The van der Waals surface area contributed by atoms with Crippen LogP contribution in [0.2, 0.25) is 0 Å². The molecule has 0 saturated heterocycles. The van der Waals surface area contributed by atoms with Crippen molar-refractivity contribution < 1.29 is 0 Å². The van der Waals surface area contributed by atoms with E-state index in [1.165, 1.54) is 5.57 Å². The Morgan fingerprint density at radius 2 is 2.07 bits per heavy atom. The summed E-state index contributed by atoms with van der Waals surface area (Å²) in [6.07, 6.45) is 3.21. The summed E-state index contributed by atoms with van der Waals surface area (Å²) in [7, 11) is 1.95. The summed E-state index contributed by atoms with van der Waals surface area (Å²) in [6.45, 7) is 3.06. The summed E-state index contributed by atoms with van der Waals surface area (Å²) in [5.41, 5.74) is 3.22. The number of rotatable bonds is 4. The zero-order chi connectivity index (χ0) is 11.1. The fraction of sp³-hybridized carbons (Fsp3) is 0.308. The van der Waals surface area contributed by atoms with E-state index >= 15 is 0 Å². The van der Waals surface area contributed by atoms with Gasteiger partial charge in [0.2, 0.25) is 0 Å². The summed E-state index contributed by atoms with van der Waals surface area (Å²) in [4.78, 5) is 0. The molecule has 0 spiro atoms. The van der Waals surface area contributed by atoms with Crippen molar-refractivity contribution in [2.24, 2.45) is 0 Å². The van der Waals surface area contributed by atoms with Gasteiger partial charge in [-0.2, -0.15) is 5.26 Å². The molecule has 0 heterocycles. The van der Waals surface area contributed by atoms with Gasteiger partial charge in [0.1, 0.15) is 0 Å². The fourth-order valence-electron chi connectivity index (χ4n) is 1.39. The molecule has 0 saturated carbocycles. The van der Waals surface area contributed by atoms with E-state index < -0.39 is 0 Å². The predicted molar refractivity (Wildman–Crippen MR) is 63.4 cm³/mol. The molecule has 2 nitrogen and oxygen atoms in total. The van der Waals surface area contributed by atoms with Crippen LogP contribution in [-0.4, -0.2) is 13.6 Å². The Kier molecular flexibility index (Phi) is 4.59. The van der Waals surface area contributed by atoms with E-state index in [0.29, 0.717) is 5.56 Å². The minimum atomic E-state index is 0.707. The lowest BCUT2D eigenvalue weighted by Crippen LogP contribution is -2.09. The Balaban J connectivity index is 2.83. The number of nitriles is 1. The largest absolute Gasteiger partial charge is 0.316 e. The van der Waals surface area contributed by atoms with Crippen LogP contribution in [0, 0.1) is 11.3 Å². The highest BCUT2D eigenvalue weighted by Crippen LogP contribution is 2.10. The molecule has 1 aromatic carbocycles. The van der Waals surface area contributed by atoms with E-state index in [0.717, 1.165) is 18.5 Å². The van der Waals surface area contributed by atoms with Crippen LogP contribution < -0.4 is 5.32 Å². The summed E-state index contributed by atoms with van der Waals surface area (Å²) in [5.74, 6) is 0. The summed E-state index contributed by atoms with van der Waals surface area (Å²) in [6, 6.07) is 9.76. The first-order chi connectivity index (χ1) is 7.30. The van der Waals surface area contributed by atoms with Crippen molar-refractivity contribution in [3.8, 4) is 6.07 Å². The molecule has 15 heavy (non-hydrogen) atoms. The Hall–Kier alpha value is -1.59. The average Bonchev–Trinajstić information content (AvgIpc) is 2.29. The average molecular weight is 200 g/mol. The maximum absolute atomic E-state index is 8.67. The van der Waals surface area contributed by atoms with Crippen LogP contribution in [0.15, 0.2) is 29.8 Å². The second kappa shape index (κ2) is 6.00. The minimum absolute atomic E-state index is 0.707. The molecule has 0 bridgehead atoms. The summed E-state index contributed by atoms with van der Waals surface area (Å²) in [5, 5.41) is 11.8. The third-order valence-corrected chi connectivity index (χ3v) is 2.27. The van der Waals surface area contributed by atoms with Gasteiger partial charge in [-0.25, -0.2) is 0 Å². The van der Waals surface area contributed by atoms with Crippen molar-refractivity contribution in [2.45, 2.75) is 13.3 Å². The van der Waals surface area contributed by atoms with Gasteiger partial charge in [-0.1, -0.05) is 30.7 Å². The fourth-order valence-corrected chi connectivity index (χ4v) is 1.39. The molecule has 0 atom stereocenters. The van der Waals surface area contributed by atoms with Crippen LogP contribution in [0.1, 0.15) is 24.5 Å². The summed E-state index contributed by atoms with van der Waals surface area (Å²) >= 11 is 0. The molecule has 0 radical (unpaired) electrons. The van der Waals surface area contributed by atoms with Crippen LogP contribution in [0.25, 0.3) is 6.08 Å². The highest BCUT2D eigenvalue weighted by Gasteiger charge is 1.94. The molecule has 1 rings (SSSR count). The number of hydrogen-bond donors (Lipinski definition) is 1. The van der Waals surface area contributed by atoms with Crippen molar-refractivity contribution in [3.63, 3.8) is 0 Å². The predicted octanol–water partition coefficient (Wildman–Crippen LogP) is 2.57. The van der Waals surface area contributed by atoms with Crippen molar-refractivity contribution in [2.75, 3.05) is 13.6 Å². The van der Waals surface area contributed by atoms with Crippen molar-refractivity contribution in [1.82, 2.24) is 5.32 Å². The topological polar surface area (TPSA) is 35.8 Å². The van der Waals surface area contributed by atoms with Crippen LogP contribution in [0.4, 0.5) is 0 Å². The smallest absolute Gasteiger partial charge is 0.0991 e. The molecule has 1 aromatic rings. The van der Waals surface area contributed by atoms with Gasteiger partial charge in [-0.05, 0) is 31.2 Å². The normalized spacial score (nSPS) is 11.1. The van der Waals surface area contributed by atoms with E-state index in [4.69, 9.17) is 5.26 Å². The van der Waals surface area contributed by atoms with Gasteiger partial charge in [0.15, 0.2) is 0 Å². The lowest BCUT2D eigenvalue weighted by atomic mass is 10.1. The van der Waals surface area contributed by atoms with Gasteiger partial charge in [0.25, 0.3) is 0 Å². The number of hydrogen-bond acceptors (Lipinski definition) is 2. The second-order valence-electron chi connectivity index (χ2n) is 3.42. The van der Waals surface area contributed by atoms with Crippen molar-refractivity contribution in [1.29, 1.82) is 5.26 Å². The number of nitrogens with zero attached hydrogens (tertiary/aromatic N) is 1. The first-order valence-electron chi connectivity index (χ1n) is 5.14. The van der Waals surface area contributed by atoms with Crippen LogP contribution >= 0.6 is 0 Å². The standard InChI is InChI=1S/C13H16N2/c1-3-11(10-15-2)8-12-4-6-13(9-14)7-5-12/h4-8,15H,3,10H2,1-2H3. The first-order valence-corrected chi connectivity index (χ1v) is 5.14. The van der Waals surface area contributed by atoms with Crippen LogP contribution in [-0.2, 0) is 0 Å². The van der Waals surface area contributed by atoms with Crippen LogP contribution in [0.5, 0.6) is 0 Å². The van der Waals surface area contributed by atoms with Gasteiger partial charge < -0.3 is 5.32 Å². The van der Waals surface area contributed by atoms with E-state index in [2.05, 4.69) is 24.4 Å². The molecule has 78 valence electrons. The Bertz CT molecular complexity index is 369. The summed E-state index contributed by atoms with van der Waals surface area (Å²) < 4.78 is 0. The molecule has 0 amide bonds. The van der Waals surface area contributed by atoms with Crippen LogP contribution in [0.3, 0.4) is 0 Å². The van der Waals surface area contributed by atoms with Crippen molar-refractivity contribution in [3.05, 3.63) is 41.0 Å². The van der Waals surface area contributed by atoms with Gasteiger partial charge in [0.05, 0.1) is 11.6 Å². The molecule has 0 aliphatic carbocycles. The molecular formula is C13H16N2.